The van der Waals surface area contributed by atoms with Gasteiger partial charge in [0.25, 0.3) is 0 Å². The number of thiophene rings is 1. The lowest BCUT2D eigenvalue weighted by molar-refractivity contribution is 1.11. The van der Waals surface area contributed by atoms with Crippen LogP contribution in [0.4, 0.5) is 0 Å². The third-order valence-corrected chi connectivity index (χ3v) is 10.4. The number of aromatic nitrogens is 2. The SMILES string of the molecule is C1#CC(C2=CC=C(c3nc(-c4ccc(-c5cccc(-c6ccccc6)c5)cc4)cc(-c4ccc5c(c4)sc4ccccc45)n3)CC#C2)=CC=CC1. The van der Waals surface area contributed by atoms with Crippen molar-refractivity contribution in [1.29, 1.82) is 0 Å². The molecule has 0 bridgehead atoms. The van der Waals surface area contributed by atoms with Crippen molar-refractivity contribution in [3.05, 3.63) is 175 Å². The Labute approximate surface area is 301 Å². The summed E-state index contributed by atoms with van der Waals surface area (Å²) in [6.45, 7) is 0. The van der Waals surface area contributed by atoms with E-state index < -0.39 is 0 Å². The van der Waals surface area contributed by atoms with Gasteiger partial charge in [0.1, 0.15) is 0 Å². The molecular formula is C48H30N2S. The molecule has 0 spiro atoms. The molecule has 0 unspecified atom stereocenters. The van der Waals surface area contributed by atoms with Gasteiger partial charge in [-0.1, -0.05) is 145 Å². The third kappa shape index (κ3) is 6.24. The highest BCUT2D eigenvalue weighted by molar-refractivity contribution is 7.25. The maximum absolute atomic E-state index is 5.19. The van der Waals surface area contributed by atoms with Crippen LogP contribution < -0.4 is 0 Å². The second-order valence-electron chi connectivity index (χ2n) is 12.6. The number of benzene rings is 5. The second-order valence-corrected chi connectivity index (χ2v) is 13.6. The van der Waals surface area contributed by atoms with E-state index in [-0.39, 0.29) is 0 Å². The molecule has 2 aliphatic rings. The van der Waals surface area contributed by atoms with Gasteiger partial charge in [-0.3, -0.25) is 0 Å². The van der Waals surface area contributed by atoms with Crippen molar-refractivity contribution < 1.29 is 0 Å². The maximum atomic E-state index is 5.19. The van der Waals surface area contributed by atoms with Crippen LogP contribution in [-0.2, 0) is 0 Å². The number of nitrogens with zero attached hydrogens (tertiary/aromatic N) is 2. The molecule has 7 aromatic rings. The zero-order chi connectivity index (χ0) is 34.0. The molecule has 3 heteroatoms. The Morgan fingerprint density at radius 1 is 0.490 bits per heavy atom. The first-order chi connectivity index (χ1) is 25.2. The minimum Gasteiger partial charge on any atom is -0.228 e. The highest BCUT2D eigenvalue weighted by atomic mass is 32.1. The summed E-state index contributed by atoms with van der Waals surface area (Å²) < 4.78 is 2.54. The summed E-state index contributed by atoms with van der Waals surface area (Å²) in [7, 11) is 0. The molecule has 0 saturated heterocycles. The number of allylic oxidation sites excluding steroid dienone is 8. The normalized spacial score (nSPS) is 13.6. The first-order valence-electron chi connectivity index (χ1n) is 17.1. The fourth-order valence-corrected chi connectivity index (χ4v) is 7.73. The van der Waals surface area contributed by atoms with Crippen LogP contribution in [0.3, 0.4) is 0 Å². The van der Waals surface area contributed by atoms with Crippen molar-refractivity contribution in [2.24, 2.45) is 0 Å². The number of hydrogen-bond acceptors (Lipinski definition) is 3. The standard InChI is InChI=1S/C48H30N2S/c1-2-5-13-33(12-4-1)35-16-10-17-38(27-24-35)48-49-44(32-45(50-48)41-28-29-43-42-20-8-9-21-46(42)51-47(43)31-41)37-25-22-36(23-26-37)40-19-11-18-39(30-40)34-14-6-3-7-15-34/h1,3-4,6-9,11-12,14-15,18-32H,2,17H2. The Hall–Kier alpha value is -6.52. The van der Waals surface area contributed by atoms with E-state index in [9.17, 15) is 0 Å². The third-order valence-electron chi connectivity index (χ3n) is 9.26. The summed E-state index contributed by atoms with van der Waals surface area (Å²) >= 11 is 1.82. The molecule has 0 radical (unpaired) electrons. The van der Waals surface area contributed by atoms with Crippen molar-refractivity contribution in [3.63, 3.8) is 0 Å². The lowest BCUT2D eigenvalue weighted by atomic mass is 9.98. The summed E-state index contributed by atoms with van der Waals surface area (Å²) in [5.41, 5.74) is 11.5. The fourth-order valence-electron chi connectivity index (χ4n) is 6.58. The van der Waals surface area contributed by atoms with Crippen LogP contribution in [-0.4, -0.2) is 9.97 Å². The molecule has 2 aromatic heterocycles. The van der Waals surface area contributed by atoms with Gasteiger partial charge in [0.2, 0.25) is 0 Å². The smallest absolute Gasteiger partial charge is 0.157 e. The highest BCUT2D eigenvalue weighted by Crippen LogP contribution is 2.37. The average Bonchev–Trinajstić information content (AvgIpc) is 3.37. The van der Waals surface area contributed by atoms with Gasteiger partial charge in [0.15, 0.2) is 5.82 Å². The van der Waals surface area contributed by atoms with E-state index >= 15 is 0 Å². The Bertz CT molecular complexity index is 2730. The van der Waals surface area contributed by atoms with Crippen LogP contribution in [0.2, 0.25) is 0 Å². The van der Waals surface area contributed by atoms with Crippen molar-refractivity contribution in [2.45, 2.75) is 12.8 Å². The van der Waals surface area contributed by atoms with Crippen LogP contribution in [0.25, 0.3) is 70.5 Å². The molecule has 238 valence electrons. The predicted octanol–water partition coefficient (Wildman–Crippen LogP) is 12.1. The zero-order valence-electron chi connectivity index (χ0n) is 27.7. The Kier molecular flexibility index (Phi) is 8.03. The van der Waals surface area contributed by atoms with Gasteiger partial charge in [0.05, 0.1) is 11.4 Å². The molecule has 51 heavy (non-hydrogen) atoms. The molecule has 0 amide bonds. The Balaban J connectivity index is 1.12. The first kappa shape index (κ1) is 30.5. The molecule has 2 nitrogen and oxygen atoms in total. The Morgan fingerprint density at radius 3 is 2.02 bits per heavy atom. The highest BCUT2D eigenvalue weighted by Gasteiger charge is 2.15. The summed E-state index contributed by atoms with van der Waals surface area (Å²) in [6.07, 6.45) is 11.6. The Morgan fingerprint density at radius 2 is 1.16 bits per heavy atom. The molecule has 9 rings (SSSR count). The number of rotatable bonds is 6. The quantitative estimate of drug-likeness (QED) is 0.165. The lowest BCUT2D eigenvalue weighted by Gasteiger charge is -2.11. The van der Waals surface area contributed by atoms with Gasteiger partial charge in [-0.25, -0.2) is 9.97 Å². The number of fused-ring (bicyclic) bond motifs is 3. The number of hydrogen-bond donors (Lipinski definition) is 0. The maximum Gasteiger partial charge on any atom is 0.157 e. The summed E-state index contributed by atoms with van der Waals surface area (Å²) in [4.78, 5) is 10.4. The minimum absolute atomic E-state index is 0.547. The topological polar surface area (TPSA) is 25.8 Å². The minimum atomic E-state index is 0.547. The lowest BCUT2D eigenvalue weighted by Crippen LogP contribution is -1.99. The van der Waals surface area contributed by atoms with Crippen LogP contribution in [0.1, 0.15) is 18.7 Å². The molecule has 0 atom stereocenters. The van der Waals surface area contributed by atoms with E-state index in [1.54, 1.807) is 0 Å². The summed E-state index contributed by atoms with van der Waals surface area (Å²) in [5.74, 6) is 13.9. The fraction of sp³-hybridized carbons (Fsp3) is 0.0417. The van der Waals surface area contributed by atoms with E-state index in [0.717, 1.165) is 51.2 Å². The molecule has 2 heterocycles. The van der Waals surface area contributed by atoms with E-state index in [1.165, 1.54) is 36.9 Å². The van der Waals surface area contributed by atoms with Crippen LogP contribution in [0.5, 0.6) is 0 Å². The second kappa shape index (κ2) is 13.4. The molecule has 0 fully saturated rings. The predicted molar refractivity (Wildman–Crippen MR) is 215 cm³/mol. The average molecular weight is 667 g/mol. The molecule has 5 aromatic carbocycles. The zero-order valence-corrected chi connectivity index (χ0v) is 28.5. The van der Waals surface area contributed by atoms with Crippen molar-refractivity contribution in [2.75, 3.05) is 0 Å². The van der Waals surface area contributed by atoms with Gasteiger partial charge in [-0.05, 0) is 58.7 Å². The van der Waals surface area contributed by atoms with Gasteiger partial charge >= 0.3 is 0 Å². The van der Waals surface area contributed by atoms with E-state index in [1.807, 2.05) is 23.5 Å². The molecular weight excluding hydrogens is 637 g/mol. The van der Waals surface area contributed by atoms with E-state index in [0.29, 0.717) is 12.2 Å². The van der Waals surface area contributed by atoms with Crippen LogP contribution in [0.15, 0.2) is 169 Å². The van der Waals surface area contributed by atoms with Crippen molar-refractivity contribution in [3.8, 4) is 68.5 Å². The molecule has 0 saturated carbocycles. The molecule has 0 aliphatic heterocycles. The van der Waals surface area contributed by atoms with Crippen molar-refractivity contribution >= 4 is 37.1 Å². The van der Waals surface area contributed by atoms with Gasteiger partial charge in [0, 0.05) is 60.9 Å². The molecule has 0 N–H and O–H groups in total. The van der Waals surface area contributed by atoms with E-state index in [2.05, 4.69) is 169 Å². The summed E-state index contributed by atoms with van der Waals surface area (Å²) in [6, 6.07) is 45.3. The van der Waals surface area contributed by atoms with Crippen LogP contribution in [0, 0.1) is 23.7 Å². The van der Waals surface area contributed by atoms with Gasteiger partial charge in [-0.15, -0.1) is 11.3 Å². The first-order valence-corrected chi connectivity index (χ1v) is 17.9. The van der Waals surface area contributed by atoms with Gasteiger partial charge in [-0.2, -0.15) is 0 Å². The van der Waals surface area contributed by atoms with Gasteiger partial charge < -0.3 is 0 Å². The summed E-state index contributed by atoms with van der Waals surface area (Å²) in [5, 5.41) is 2.56. The largest absolute Gasteiger partial charge is 0.228 e. The molecule has 2 aliphatic carbocycles. The van der Waals surface area contributed by atoms with Crippen molar-refractivity contribution in [1.82, 2.24) is 9.97 Å². The van der Waals surface area contributed by atoms with Crippen LogP contribution >= 0.6 is 11.3 Å². The van der Waals surface area contributed by atoms with E-state index in [4.69, 9.17) is 9.97 Å². The monoisotopic (exact) mass is 666 g/mol.